The van der Waals surface area contributed by atoms with E-state index in [1.54, 1.807) is 36.5 Å². The highest BCUT2D eigenvalue weighted by Crippen LogP contribution is 2.36. The van der Waals surface area contributed by atoms with Crippen LogP contribution >= 0.6 is 11.6 Å². The summed E-state index contributed by atoms with van der Waals surface area (Å²) in [5.74, 6) is 0. The van der Waals surface area contributed by atoms with Crippen molar-refractivity contribution in [2.75, 3.05) is 0 Å². The third-order valence-corrected chi connectivity index (χ3v) is 3.39. The van der Waals surface area contributed by atoms with Gasteiger partial charge in [0.15, 0.2) is 0 Å². The molecule has 4 nitrogen and oxygen atoms in total. The van der Waals surface area contributed by atoms with Crippen LogP contribution in [0.3, 0.4) is 0 Å². The largest absolute Gasteiger partial charge is 0.361 e. The van der Waals surface area contributed by atoms with E-state index in [4.69, 9.17) is 11.6 Å². The Balaban J connectivity index is 2.34. The van der Waals surface area contributed by atoms with Crippen LogP contribution in [0.25, 0.3) is 22.0 Å². The van der Waals surface area contributed by atoms with Gasteiger partial charge >= 0.3 is 0 Å². The molecule has 0 bridgehead atoms. The average Bonchev–Trinajstić information content (AvgIpc) is 2.89. The van der Waals surface area contributed by atoms with Crippen molar-refractivity contribution in [3.8, 4) is 11.1 Å². The molecule has 0 radical (unpaired) electrons. The molecule has 0 atom stereocenters. The van der Waals surface area contributed by atoms with Gasteiger partial charge in [-0.15, -0.1) is 0 Å². The molecule has 0 aliphatic heterocycles. The molecule has 1 heterocycles. The van der Waals surface area contributed by atoms with Gasteiger partial charge in [0.25, 0.3) is 5.69 Å². The van der Waals surface area contributed by atoms with Gasteiger partial charge in [0.05, 0.1) is 16.0 Å². The highest BCUT2D eigenvalue weighted by atomic mass is 35.5. The SMILES string of the molecule is O=[N+]([O-])c1ccccc1-c1ccc(Cl)c2cc[nH]c12. The van der Waals surface area contributed by atoms with Gasteiger partial charge in [-0.1, -0.05) is 29.8 Å². The van der Waals surface area contributed by atoms with Gasteiger partial charge in [-0.3, -0.25) is 10.1 Å². The maximum atomic E-state index is 11.1. The number of nitrogens with zero attached hydrogens (tertiary/aromatic N) is 1. The van der Waals surface area contributed by atoms with Crippen LogP contribution in [0.15, 0.2) is 48.7 Å². The van der Waals surface area contributed by atoms with E-state index >= 15 is 0 Å². The Bertz CT molecular complexity index is 780. The molecule has 3 aromatic rings. The summed E-state index contributed by atoms with van der Waals surface area (Å²) in [6.45, 7) is 0. The van der Waals surface area contributed by atoms with E-state index in [0.717, 1.165) is 16.5 Å². The Kier molecular flexibility index (Phi) is 2.72. The van der Waals surface area contributed by atoms with Crippen molar-refractivity contribution in [1.82, 2.24) is 4.98 Å². The number of hydrogen-bond donors (Lipinski definition) is 1. The molecular weight excluding hydrogens is 264 g/mol. The Labute approximate surface area is 113 Å². The Hall–Kier alpha value is -2.33. The van der Waals surface area contributed by atoms with Gasteiger partial charge in [0.2, 0.25) is 0 Å². The van der Waals surface area contributed by atoms with E-state index in [2.05, 4.69) is 4.98 Å². The first-order valence-corrected chi connectivity index (χ1v) is 6.05. The molecule has 0 spiro atoms. The number of nitrogens with one attached hydrogen (secondary N) is 1. The molecule has 3 rings (SSSR count). The van der Waals surface area contributed by atoms with Crippen LogP contribution in [0.1, 0.15) is 0 Å². The molecule has 0 saturated carbocycles. The van der Waals surface area contributed by atoms with Crippen molar-refractivity contribution in [2.45, 2.75) is 0 Å². The van der Waals surface area contributed by atoms with Crippen LogP contribution in [0, 0.1) is 10.1 Å². The number of halogens is 1. The average molecular weight is 273 g/mol. The summed E-state index contributed by atoms with van der Waals surface area (Å²) in [5, 5.41) is 12.6. The zero-order valence-corrected chi connectivity index (χ0v) is 10.5. The summed E-state index contributed by atoms with van der Waals surface area (Å²) in [7, 11) is 0. The van der Waals surface area contributed by atoms with Gasteiger partial charge < -0.3 is 4.98 Å². The second-order valence-electron chi connectivity index (χ2n) is 4.14. The van der Waals surface area contributed by atoms with Crippen LogP contribution in [0.4, 0.5) is 5.69 Å². The van der Waals surface area contributed by atoms with E-state index in [0.29, 0.717) is 10.6 Å². The monoisotopic (exact) mass is 272 g/mol. The first kappa shape index (κ1) is 11.7. The standard InChI is InChI=1S/C14H9ClN2O2/c15-12-6-5-10(14-11(12)7-8-16-14)9-3-1-2-4-13(9)17(18)19/h1-8,16H. The van der Waals surface area contributed by atoms with E-state index in [9.17, 15) is 10.1 Å². The lowest BCUT2D eigenvalue weighted by Gasteiger charge is -2.05. The Morgan fingerprint density at radius 2 is 1.84 bits per heavy atom. The zero-order chi connectivity index (χ0) is 13.4. The van der Waals surface area contributed by atoms with Crippen LogP contribution < -0.4 is 0 Å². The third kappa shape index (κ3) is 1.86. The fourth-order valence-electron chi connectivity index (χ4n) is 2.21. The van der Waals surface area contributed by atoms with E-state index in [1.165, 1.54) is 6.07 Å². The fraction of sp³-hybridized carbons (Fsp3) is 0. The summed E-state index contributed by atoms with van der Waals surface area (Å²) in [5.41, 5.74) is 2.25. The van der Waals surface area contributed by atoms with Crippen molar-refractivity contribution in [3.63, 3.8) is 0 Å². The summed E-state index contributed by atoms with van der Waals surface area (Å²) < 4.78 is 0. The fourth-order valence-corrected chi connectivity index (χ4v) is 2.43. The van der Waals surface area contributed by atoms with Crippen molar-refractivity contribution >= 4 is 28.2 Å². The molecule has 5 heteroatoms. The predicted octanol–water partition coefficient (Wildman–Crippen LogP) is 4.40. The summed E-state index contributed by atoms with van der Waals surface area (Å²) in [4.78, 5) is 13.8. The van der Waals surface area contributed by atoms with Crippen LogP contribution in [0.2, 0.25) is 5.02 Å². The van der Waals surface area contributed by atoms with Crippen molar-refractivity contribution in [3.05, 3.63) is 63.8 Å². The van der Waals surface area contributed by atoms with E-state index in [1.807, 2.05) is 6.07 Å². The lowest BCUT2D eigenvalue weighted by atomic mass is 10.0. The molecule has 0 aliphatic rings. The number of aromatic nitrogens is 1. The number of fused-ring (bicyclic) bond motifs is 1. The summed E-state index contributed by atoms with van der Waals surface area (Å²) >= 11 is 6.11. The molecule has 0 fully saturated rings. The molecule has 94 valence electrons. The minimum Gasteiger partial charge on any atom is -0.361 e. The molecule has 1 aromatic heterocycles. The van der Waals surface area contributed by atoms with Crippen molar-refractivity contribution < 1.29 is 4.92 Å². The Morgan fingerprint density at radius 1 is 1.05 bits per heavy atom. The maximum absolute atomic E-state index is 11.1. The highest BCUT2D eigenvalue weighted by Gasteiger charge is 2.17. The number of rotatable bonds is 2. The number of para-hydroxylation sites is 1. The smallest absolute Gasteiger partial charge is 0.277 e. The lowest BCUT2D eigenvalue weighted by molar-refractivity contribution is -0.384. The van der Waals surface area contributed by atoms with E-state index in [-0.39, 0.29) is 10.6 Å². The van der Waals surface area contributed by atoms with E-state index < -0.39 is 0 Å². The van der Waals surface area contributed by atoms with Crippen LogP contribution in [0.5, 0.6) is 0 Å². The second-order valence-corrected chi connectivity index (χ2v) is 4.54. The van der Waals surface area contributed by atoms with Crippen LogP contribution in [-0.4, -0.2) is 9.91 Å². The van der Waals surface area contributed by atoms with Crippen molar-refractivity contribution in [2.24, 2.45) is 0 Å². The van der Waals surface area contributed by atoms with Gasteiger partial charge in [0.1, 0.15) is 0 Å². The molecule has 0 aliphatic carbocycles. The molecule has 0 amide bonds. The topological polar surface area (TPSA) is 58.9 Å². The lowest BCUT2D eigenvalue weighted by Crippen LogP contribution is -1.92. The number of nitro benzene ring substituents is 1. The molecule has 2 aromatic carbocycles. The second kappa shape index (κ2) is 4.40. The number of hydrogen-bond acceptors (Lipinski definition) is 2. The third-order valence-electron chi connectivity index (χ3n) is 3.06. The van der Waals surface area contributed by atoms with Crippen molar-refractivity contribution in [1.29, 1.82) is 0 Å². The number of nitro groups is 1. The summed E-state index contributed by atoms with van der Waals surface area (Å²) in [6, 6.07) is 12.1. The molecule has 0 saturated heterocycles. The van der Waals surface area contributed by atoms with Gasteiger partial charge in [0, 0.05) is 28.2 Å². The minimum absolute atomic E-state index is 0.0840. The first-order chi connectivity index (χ1) is 9.18. The Morgan fingerprint density at radius 3 is 2.63 bits per heavy atom. The number of H-pyrrole nitrogens is 1. The molecule has 1 N–H and O–H groups in total. The zero-order valence-electron chi connectivity index (χ0n) is 9.76. The molecule has 0 unspecified atom stereocenters. The van der Waals surface area contributed by atoms with Gasteiger partial charge in [-0.2, -0.15) is 0 Å². The van der Waals surface area contributed by atoms with Crippen LogP contribution in [-0.2, 0) is 0 Å². The van der Waals surface area contributed by atoms with Gasteiger partial charge in [-0.05, 0) is 18.2 Å². The van der Waals surface area contributed by atoms with Gasteiger partial charge in [-0.25, -0.2) is 0 Å². The first-order valence-electron chi connectivity index (χ1n) is 5.68. The normalized spacial score (nSPS) is 10.8. The number of benzene rings is 2. The predicted molar refractivity (Wildman–Crippen MR) is 75.4 cm³/mol. The molecular formula is C14H9ClN2O2. The minimum atomic E-state index is -0.376. The quantitative estimate of drug-likeness (QED) is 0.555. The highest BCUT2D eigenvalue weighted by molar-refractivity contribution is 6.36. The maximum Gasteiger partial charge on any atom is 0.277 e. The summed E-state index contributed by atoms with van der Waals surface area (Å²) in [6.07, 6.45) is 1.77. The molecule has 19 heavy (non-hydrogen) atoms. The number of aromatic amines is 1.